The van der Waals surface area contributed by atoms with Gasteiger partial charge >= 0.3 is 0 Å². The van der Waals surface area contributed by atoms with E-state index in [0.29, 0.717) is 0 Å². The molecule has 0 N–H and O–H groups in total. The van der Waals surface area contributed by atoms with Gasteiger partial charge in [-0.3, -0.25) is 0 Å². The predicted molar refractivity (Wildman–Crippen MR) is 155 cm³/mol. The maximum absolute atomic E-state index is 2.46. The van der Waals surface area contributed by atoms with Gasteiger partial charge < -0.3 is 0 Å². The fourth-order valence-electron chi connectivity index (χ4n) is 6.16. The van der Waals surface area contributed by atoms with E-state index in [0.717, 1.165) is 0 Å². The second-order valence-corrected chi connectivity index (χ2v) is 12.2. The zero-order valence-electron chi connectivity index (χ0n) is 19.6. The first kappa shape index (κ1) is 19.8. The molecule has 0 nitrogen and oxygen atoms in total. The molecule has 5 aromatic carbocycles. The number of benzene rings is 5. The van der Waals surface area contributed by atoms with Crippen LogP contribution < -0.4 is 0 Å². The van der Waals surface area contributed by atoms with Gasteiger partial charge in [0.25, 0.3) is 0 Å². The van der Waals surface area contributed by atoms with Gasteiger partial charge in [-0.05, 0) is 46.0 Å². The molecule has 0 saturated carbocycles. The summed E-state index contributed by atoms with van der Waals surface area (Å²) in [5.41, 5.74) is 8.36. The van der Waals surface area contributed by atoms with E-state index < -0.39 is 0 Å². The molecule has 2 aromatic heterocycles. The van der Waals surface area contributed by atoms with Crippen molar-refractivity contribution in [2.45, 2.75) is 19.3 Å². The second-order valence-electron chi connectivity index (χ2n) is 10.1. The van der Waals surface area contributed by atoms with Crippen molar-refractivity contribution in [1.82, 2.24) is 0 Å². The van der Waals surface area contributed by atoms with Crippen LogP contribution in [0.3, 0.4) is 0 Å². The van der Waals surface area contributed by atoms with Crippen LogP contribution in [0.1, 0.15) is 25.0 Å². The Balaban J connectivity index is 1.43. The Morgan fingerprint density at radius 3 is 1.91 bits per heavy atom. The lowest BCUT2D eigenvalue weighted by Crippen LogP contribution is -2.14. The summed E-state index contributed by atoms with van der Waals surface area (Å²) in [7, 11) is 0. The van der Waals surface area contributed by atoms with Gasteiger partial charge in [-0.2, -0.15) is 0 Å². The maximum Gasteiger partial charge on any atom is 0.0437 e. The van der Waals surface area contributed by atoms with Crippen molar-refractivity contribution < 1.29 is 0 Å². The van der Waals surface area contributed by atoms with E-state index in [2.05, 4.69) is 111 Å². The molecule has 2 heteroatoms. The smallest absolute Gasteiger partial charge is 0.0437 e. The Hall–Kier alpha value is -3.46. The monoisotopic (exact) mass is 482 g/mol. The Labute approximate surface area is 212 Å². The van der Waals surface area contributed by atoms with Crippen molar-refractivity contribution in [3.05, 3.63) is 108 Å². The molecule has 0 aliphatic heterocycles. The molecule has 1 aliphatic carbocycles. The molecule has 2 heterocycles. The van der Waals surface area contributed by atoms with Crippen LogP contribution in [0.2, 0.25) is 0 Å². The van der Waals surface area contributed by atoms with Crippen LogP contribution in [-0.4, -0.2) is 0 Å². The third-order valence-electron chi connectivity index (χ3n) is 7.90. The zero-order valence-corrected chi connectivity index (χ0v) is 21.2. The van der Waals surface area contributed by atoms with Crippen LogP contribution in [0.25, 0.3) is 62.6 Å². The van der Waals surface area contributed by atoms with Gasteiger partial charge in [-0.1, -0.05) is 92.7 Å². The molecular formula is C33H22S2. The summed E-state index contributed by atoms with van der Waals surface area (Å²) in [6.45, 7) is 4.76. The molecule has 0 spiro atoms. The average molecular weight is 483 g/mol. The molecule has 7 aromatic rings. The van der Waals surface area contributed by atoms with Crippen molar-refractivity contribution in [3.8, 4) is 22.3 Å². The molecule has 0 bridgehead atoms. The molecule has 8 rings (SSSR count). The third-order valence-corrected chi connectivity index (χ3v) is 10.3. The maximum atomic E-state index is 2.46. The highest BCUT2D eigenvalue weighted by atomic mass is 32.1. The van der Waals surface area contributed by atoms with Crippen molar-refractivity contribution in [3.63, 3.8) is 0 Å². The Bertz CT molecular complexity index is 1980. The average Bonchev–Trinajstić information content (AvgIpc) is 3.52. The largest absolute Gasteiger partial charge is 0.135 e. The van der Waals surface area contributed by atoms with Crippen LogP contribution in [0.15, 0.2) is 97.1 Å². The Kier molecular flexibility index (Phi) is 3.86. The molecule has 0 saturated heterocycles. The van der Waals surface area contributed by atoms with Gasteiger partial charge in [-0.25, -0.2) is 0 Å². The van der Waals surface area contributed by atoms with E-state index in [-0.39, 0.29) is 5.41 Å². The molecule has 35 heavy (non-hydrogen) atoms. The zero-order chi connectivity index (χ0) is 23.3. The first-order chi connectivity index (χ1) is 17.1. The van der Waals surface area contributed by atoms with Gasteiger partial charge in [0, 0.05) is 51.3 Å². The van der Waals surface area contributed by atoms with Crippen LogP contribution in [0.4, 0.5) is 0 Å². The van der Waals surface area contributed by atoms with E-state index in [9.17, 15) is 0 Å². The van der Waals surface area contributed by atoms with Crippen molar-refractivity contribution >= 4 is 63.0 Å². The SMILES string of the molecule is CC1(C)c2ccc(-c3cccc4c3sc3ccccc34)cc2-c2c1ccc1c2sc2ccccc21. The van der Waals surface area contributed by atoms with Crippen molar-refractivity contribution in [2.75, 3.05) is 0 Å². The Morgan fingerprint density at radius 2 is 1.14 bits per heavy atom. The highest BCUT2D eigenvalue weighted by Gasteiger charge is 2.37. The van der Waals surface area contributed by atoms with Gasteiger partial charge in [0.05, 0.1) is 0 Å². The first-order valence-corrected chi connectivity index (χ1v) is 13.7. The topological polar surface area (TPSA) is 0 Å². The van der Waals surface area contributed by atoms with E-state index >= 15 is 0 Å². The summed E-state index contributed by atoms with van der Waals surface area (Å²) >= 11 is 3.85. The molecule has 0 fully saturated rings. The summed E-state index contributed by atoms with van der Waals surface area (Å²) in [4.78, 5) is 0. The Morgan fingerprint density at radius 1 is 0.514 bits per heavy atom. The number of fused-ring (bicyclic) bond motifs is 10. The number of rotatable bonds is 1. The molecular weight excluding hydrogens is 460 g/mol. The molecule has 0 radical (unpaired) electrons. The molecule has 0 atom stereocenters. The van der Waals surface area contributed by atoms with Crippen molar-refractivity contribution in [1.29, 1.82) is 0 Å². The van der Waals surface area contributed by atoms with E-state index in [1.54, 1.807) is 0 Å². The van der Waals surface area contributed by atoms with Crippen LogP contribution in [0.5, 0.6) is 0 Å². The number of hydrogen-bond acceptors (Lipinski definition) is 2. The molecule has 0 unspecified atom stereocenters. The summed E-state index contributed by atoms with van der Waals surface area (Å²) in [6.07, 6.45) is 0. The first-order valence-electron chi connectivity index (χ1n) is 12.1. The van der Waals surface area contributed by atoms with E-state index in [1.165, 1.54) is 73.7 Å². The normalized spacial score (nSPS) is 14.2. The minimum atomic E-state index is -0.00280. The van der Waals surface area contributed by atoms with E-state index in [1.807, 2.05) is 22.7 Å². The van der Waals surface area contributed by atoms with Gasteiger partial charge in [0.15, 0.2) is 0 Å². The third kappa shape index (κ3) is 2.56. The number of hydrogen-bond donors (Lipinski definition) is 0. The van der Waals surface area contributed by atoms with Crippen molar-refractivity contribution in [2.24, 2.45) is 0 Å². The highest BCUT2D eigenvalue weighted by Crippen LogP contribution is 2.54. The lowest BCUT2D eigenvalue weighted by atomic mass is 9.82. The molecule has 0 amide bonds. The predicted octanol–water partition coefficient (Wildman–Crippen LogP) is 10.4. The summed E-state index contributed by atoms with van der Waals surface area (Å²) < 4.78 is 5.53. The summed E-state index contributed by atoms with van der Waals surface area (Å²) in [5.74, 6) is 0. The van der Waals surface area contributed by atoms with Crippen LogP contribution in [-0.2, 0) is 5.41 Å². The lowest BCUT2D eigenvalue weighted by molar-refractivity contribution is 0.661. The lowest BCUT2D eigenvalue weighted by Gasteiger charge is -2.21. The summed E-state index contributed by atoms with van der Waals surface area (Å²) in [6, 6.07) is 36.3. The van der Waals surface area contributed by atoms with Crippen LogP contribution in [0, 0.1) is 0 Å². The van der Waals surface area contributed by atoms with Crippen LogP contribution >= 0.6 is 22.7 Å². The molecule has 166 valence electrons. The van der Waals surface area contributed by atoms with E-state index in [4.69, 9.17) is 0 Å². The fourth-order valence-corrected chi connectivity index (χ4v) is 8.66. The fraction of sp³-hybridized carbons (Fsp3) is 0.0909. The van der Waals surface area contributed by atoms with Gasteiger partial charge in [0.1, 0.15) is 0 Å². The quantitative estimate of drug-likeness (QED) is 0.218. The summed E-state index contributed by atoms with van der Waals surface area (Å²) in [5, 5.41) is 5.46. The highest BCUT2D eigenvalue weighted by molar-refractivity contribution is 7.26. The minimum absolute atomic E-state index is 0.00280. The minimum Gasteiger partial charge on any atom is -0.135 e. The molecule has 1 aliphatic rings. The van der Waals surface area contributed by atoms with Gasteiger partial charge in [-0.15, -0.1) is 22.7 Å². The van der Waals surface area contributed by atoms with Gasteiger partial charge in [0.2, 0.25) is 0 Å². The second kappa shape index (κ2) is 6.81. The standard InChI is InChI=1S/C33H22S2/c1-33(2)26-16-14-19(20-10-7-11-23-21-8-3-5-12-28(21)34-31(20)23)18-25(26)30-27(33)17-15-24-22-9-4-6-13-29(22)35-32(24)30/h3-18H,1-2H3. The number of thiophene rings is 2.